The minimum absolute atomic E-state index is 0.0541. The molecule has 3 atom stereocenters. The van der Waals surface area contributed by atoms with Crippen molar-refractivity contribution in [2.24, 2.45) is 0 Å². The van der Waals surface area contributed by atoms with Crippen LogP contribution in [0.2, 0.25) is 0 Å². The summed E-state index contributed by atoms with van der Waals surface area (Å²) in [6.07, 6.45) is 8.42. The second-order valence-corrected chi connectivity index (χ2v) is 10.0. The Labute approximate surface area is 192 Å². The van der Waals surface area contributed by atoms with Gasteiger partial charge in [0, 0.05) is 24.8 Å². The van der Waals surface area contributed by atoms with Gasteiger partial charge in [0.2, 0.25) is 5.91 Å². The lowest BCUT2D eigenvalue weighted by atomic mass is 9.80. The third-order valence-electron chi connectivity index (χ3n) is 7.95. The Morgan fingerprint density at radius 1 is 1.00 bits per heavy atom. The van der Waals surface area contributed by atoms with Gasteiger partial charge in [-0.25, -0.2) is 0 Å². The van der Waals surface area contributed by atoms with Crippen LogP contribution in [0.15, 0.2) is 18.2 Å². The fraction of sp³-hybridized carbons (Fsp3) is 0.731. The summed E-state index contributed by atoms with van der Waals surface area (Å²) in [7, 11) is 0. The van der Waals surface area contributed by atoms with E-state index in [-0.39, 0.29) is 24.1 Å². The number of fused-ring (bicyclic) bond motifs is 5. The maximum atomic E-state index is 12.8. The average molecular weight is 443 g/mol. The Morgan fingerprint density at radius 3 is 2.69 bits per heavy atom. The van der Waals surface area contributed by atoms with Crippen LogP contribution in [-0.2, 0) is 14.3 Å². The van der Waals surface area contributed by atoms with Gasteiger partial charge in [-0.3, -0.25) is 9.69 Å². The van der Waals surface area contributed by atoms with E-state index in [0.29, 0.717) is 31.8 Å². The van der Waals surface area contributed by atoms with E-state index in [0.717, 1.165) is 70.2 Å². The molecule has 5 aliphatic rings. The van der Waals surface area contributed by atoms with E-state index in [2.05, 4.69) is 35.3 Å². The Hall–Kier alpha value is -1.63. The molecule has 4 aliphatic heterocycles. The highest BCUT2D eigenvalue weighted by Gasteiger charge is 2.36. The third-order valence-corrected chi connectivity index (χ3v) is 7.95. The van der Waals surface area contributed by atoms with E-state index >= 15 is 0 Å². The number of aryl methyl sites for hydroxylation is 1. The molecule has 1 aromatic carbocycles. The van der Waals surface area contributed by atoms with Crippen molar-refractivity contribution in [3.05, 3.63) is 29.3 Å². The highest BCUT2D eigenvalue weighted by molar-refractivity contribution is 5.81. The summed E-state index contributed by atoms with van der Waals surface area (Å²) in [5.41, 5.74) is 2.75. The summed E-state index contributed by atoms with van der Waals surface area (Å²) >= 11 is 0. The van der Waals surface area contributed by atoms with E-state index in [4.69, 9.17) is 14.2 Å². The van der Waals surface area contributed by atoms with Gasteiger partial charge < -0.3 is 19.5 Å². The molecular weight excluding hydrogens is 404 g/mol. The summed E-state index contributed by atoms with van der Waals surface area (Å²) in [5, 5.41) is 3.32. The monoisotopic (exact) mass is 442 g/mol. The normalized spacial score (nSPS) is 33.7. The SMILES string of the molecule is Cc1cccc2c1C1CCC(CC1)OC[C@H]1[C@@H](NC(=O)[C@H]3CCCO3)CCCN1CCO2. The number of hydrogen-bond acceptors (Lipinski definition) is 5. The Balaban J connectivity index is 1.33. The van der Waals surface area contributed by atoms with Gasteiger partial charge in [-0.2, -0.15) is 0 Å². The number of carbonyl (C=O) groups excluding carboxylic acids is 1. The molecule has 0 unspecified atom stereocenters. The summed E-state index contributed by atoms with van der Waals surface area (Å²) in [4.78, 5) is 15.3. The number of hydrogen-bond donors (Lipinski definition) is 1. The first-order valence-electron chi connectivity index (χ1n) is 12.7. The van der Waals surface area contributed by atoms with Crippen molar-refractivity contribution in [1.29, 1.82) is 0 Å². The largest absolute Gasteiger partial charge is 0.492 e. The quantitative estimate of drug-likeness (QED) is 0.759. The predicted molar refractivity (Wildman–Crippen MR) is 123 cm³/mol. The Morgan fingerprint density at radius 2 is 1.88 bits per heavy atom. The average Bonchev–Trinajstić information content (AvgIpc) is 3.34. The minimum Gasteiger partial charge on any atom is -0.492 e. The molecule has 1 aliphatic carbocycles. The van der Waals surface area contributed by atoms with Gasteiger partial charge in [0.15, 0.2) is 0 Å². The first kappa shape index (κ1) is 22.2. The topological polar surface area (TPSA) is 60.0 Å². The van der Waals surface area contributed by atoms with Crippen molar-refractivity contribution in [2.75, 3.05) is 32.9 Å². The van der Waals surface area contributed by atoms with E-state index in [1.54, 1.807) is 0 Å². The van der Waals surface area contributed by atoms with Gasteiger partial charge in [0.05, 0.1) is 18.8 Å². The van der Waals surface area contributed by atoms with Crippen LogP contribution in [0.1, 0.15) is 68.4 Å². The van der Waals surface area contributed by atoms with Crippen LogP contribution in [0, 0.1) is 6.92 Å². The molecule has 0 aromatic heterocycles. The van der Waals surface area contributed by atoms with Crippen molar-refractivity contribution >= 4 is 5.91 Å². The molecule has 1 N–H and O–H groups in total. The molecule has 2 saturated heterocycles. The smallest absolute Gasteiger partial charge is 0.249 e. The number of nitrogens with one attached hydrogen (secondary N) is 1. The number of benzene rings is 1. The Kier molecular flexibility index (Phi) is 7.00. The van der Waals surface area contributed by atoms with Crippen molar-refractivity contribution in [1.82, 2.24) is 10.2 Å². The number of carbonyl (C=O) groups is 1. The summed E-state index contributed by atoms with van der Waals surface area (Å²) in [6, 6.07) is 6.76. The van der Waals surface area contributed by atoms with E-state index in [9.17, 15) is 4.79 Å². The number of piperidine rings is 1. The lowest BCUT2D eigenvalue weighted by Gasteiger charge is -2.42. The van der Waals surface area contributed by atoms with Crippen LogP contribution in [-0.4, -0.2) is 68.0 Å². The summed E-state index contributed by atoms with van der Waals surface area (Å²) < 4.78 is 18.5. The van der Waals surface area contributed by atoms with Crippen LogP contribution < -0.4 is 10.1 Å². The number of rotatable bonds is 2. The molecule has 1 amide bonds. The fourth-order valence-electron chi connectivity index (χ4n) is 6.18. The van der Waals surface area contributed by atoms with Crippen LogP contribution in [0.3, 0.4) is 0 Å². The second-order valence-electron chi connectivity index (χ2n) is 10.0. The molecule has 0 spiro atoms. The van der Waals surface area contributed by atoms with Gasteiger partial charge in [0.25, 0.3) is 0 Å². The van der Waals surface area contributed by atoms with E-state index < -0.39 is 0 Å². The van der Waals surface area contributed by atoms with Crippen LogP contribution in [0.4, 0.5) is 0 Å². The standard InChI is InChI=1S/C26H38N2O4/c1-18-5-2-7-23-25(18)19-9-11-20(12-10-19)32-17-22-21(6-3-13-28(22)14-16-31-23)27-26(29)24-8-4-15-30-24/h2,5,7,19-22,24H,3-4,6,8-17H2,1H3,(H,27,29)/t19?,20?,21-,22-,24+/m0/s1. The van der Waals surface area contributed by atoms with Gasteiger partial charge in [-0.15, -0.1) is 0 Å². The zero-order valence-electron chi connectivity index (χ0n) is 19.4. The maximum Gasteiger partial charge on any atom is 0.249 e. The molecule has 6 nitrogen and oxygen atoms in total. The Bertz CT molecular complexity index is 786. The lowest BCUT2D eigenvalue weighted by molar-refractivity contribution is -0.132. The first-order chi connectivity index (χ1) is 15.7. The van der Waals surface area contributed by atoms with Crippen molar-refractivity contribution < 1.29 is 19.0 Å². The molecule has 1 saturated carbocycles. The van der Waals surface area contributed by atoms with Gasteiger partial charge in [-0.05, 0) is 82.4 Å². The lowest BCUT2D eigenvalue weighted by Crippen LogP contribution is -2.59. The minimum atomic E-state index is -0.278. The molecule has 6 rings (SSSR count). The highest BCUT2D eigenvalue weighted by atomic mass is 16.5. The third kappa shape index (κ3) is 4.82. The number of nitrogens with zero attached hydrogens (tertiary/aromatic N) is 1. The summed E-state index contributed by atoms with van der Waals surface area (Å²) in [6.45, 7) is 6.13. The number of ether oxygens (including phenoxy) is 3. The predicted octanol–water partition coefficient (Wildman–Crippen LogP) is 3.56. The molecule has 2 bridgehead atoms. The molecule has 6 heteroatoms. The second kappa shape index (κ2) is 10.1. The van der Waals surface area contributed by atoms with Crippen molar-refractivity contribution in [2.45, 2.75) is 88.5 Å². The van der Waals surface area contributed by atoms with E-state index in [1.807, 2.05) is 0 Å². The maximum absolute atomic E-state index is 12.8. The molecular formula is C26H38N2O4. The van der Waals surface area contributed by atoms with Gasteiger partial charge in [-0.1, -0.05) is 12.1 Å². The molecule has 3 fully saturated rings. The van der Waals surface area contributed by atoms with Crippen molar-refractivity contribution in [3.63, 3.8) is 0 Å². The molecule has 0 radical (unpaired) electrons. The highest BCUT2D eigenvalue weighted by Crippen LogP contribution is 2.40. The molecule has 4 heterocycles. The van der Waals surface area contributed by atoms with Crippen LogP contribution in [0.5, 0.6) is 5.75 Å². The van der Waals surface area contributed by atoms with Crippen molar-refractivity contribution in [3.8, 4) is 5.75 Å². The molecule has 176 valence electrons. The zero-order valence-corrected chi connectivity index (χ0v) is 19.4. The van der Waals surface area contributed by atoms with Gasteiger partial charge in [0.1, 0.15) is 18.5 Å². The van der Waals surface area contributed by atoms with E-state index in [1.165, 1.54) is 11.1 Å². The fourth-order valence-corrected chi connectivity index (χ4v) is 6.18. The number of amides is 1. The van der Waals surface area contributed by atoms with Crippen LogP contribution >= 0.6 is 0 Å². The van der Waals surface area contributed by atoms with Crippen LogP contribution in [0.25, 0.3) is 0 Å². The molecule has 32 heavy (non-hydrogen) atoms. The summed E-state index contributed by atoms with van der Waals surface area (Å²) in [5.74, 6) is 1.68. The van der Waals surface area contributed by atoms with Gasteiger partial charge >= 0.3 is 0 Å². The molecule has 1 aromatic rings. The zero-order chi connectivity index (χ0) is 21.9. The first-order valence-corrected chi connectivity index (χ1v) is 12.7.